The van der Waals surface area contributed by atoms with Crippen molar-refractivity contribution in [2.24, 2.45) is 0 Å². The molecule has 1 aromatic carbocycles. The van der Waals surface area contributed by atoms with Crippen molar-refractivity contribution in [2.45, 2.75) is 25.0 Å². The third kappa shape index (κ3) is 3.96. The number of ether oxygens (including phenoxy) is 2. The van der Waals surface area contributed by atoms with E-state index in [1.54, 1.807) is 30.3 Å². The maximum Gasteiger partial charge on any atom is 0.408 e. The third-order valence-electron chi connectivity index (χ3n) is 3.08. The normalized spacial score (nSPS) is 17.2. The summed E-state index contributed by atoms with van der Waals surface area (Å²) in [6.45, 7) is 1.11. The molecule has 2 N–H and O–H groups in total. The van der Waals surface area contributed by atoms with Gasteiger partial charge in [-0.1, -0.05) is 30.3 Å². The lowest BCUT2D eigenvalue weighted by atomic mass is 10.1. The molecule has 1 fully saturated rings. The van der Waals surface area contributed by atoms with Gasteiger partial charge in [-0.05, 0) is 5.56 Å². The third-order valence-corrected chi connectivity index (χ3v) is 3.08. The Morgan fingerprint density at radius 3 is 2.50 bits per heavy atom. The van der Waals surface area contributed by atoms with Gasteiger partial charge in [0.25, 0.3) is 0 Å². The van der Waals surface area contributed by atoms with Crippen LogP contribution < -0.4 is 5.32 Å². The van der Waals surface area contributed by atoms with E-state index in [-0.39, 0.29) is 6.10 Å². The van der Waals surface area contributed by atoms with Crippen LogP contribution in [-0.2, 0) is 14.3 Å². The number of amides is 1. The fourth-order valence-electron chi connectivity index (χ4n) is 2.03. The second kappa shape index (κ2) is 6.91. The van der Waals surface area contributed by atoms with Crippen molar-refractivity contribution in [3.05, 3.63) is 35.9 Å². The summed E-state index contributed by atoms with van der Waals surface area (Å²) in [5, 5.41) is 11.6. The number of carbonyl (C=O) groups excluding carboxylic acids is 1. The summed E-state index contributed by atoms with van der Waals surface area (Å²) in [4.78, 5) is 23.0. The van der Waals surface area contributed by atoms with E-state index in [0.717, 1.165) is 0 Å². The zero-order valence-electron chi connectivity index (χ0n) is 11.0. The molecule has 0 aromatic heterocycles. The number of rotatable bonds is 4. The van der Waals surface area contributed by atoms with E-state index in [4.69, 9.17) is 9.47 Å². The average Bonchev–Trinajstić information content (AvgIpc) is 2.46. The molecular formula is C14H17NO5. The summed E-state index contributed by atoms with van der Waals surface area (Å²) < 4.78 is 10.4. The highest BCUT2D eigenvalue weighted by atomic mass is 16.6. The molecule has 0 unspecified atom stereocenters. The zero-order valence-corrected chi connectivity index (χ0v) is 11.0. The standard InChI is InChI=1S/C14H17NO5/c16-13(17)12(10-4-2-1-3-5-10)15-14(18)20-11-6-8-19-9-7-11/h1-5,11-12H,6-9H2,(H,15,18)(H,16,17)/t12-/m0/s1. The van der Waals surface area contributed by atoms with Crippen LogP contribution in [0.5, 0.6) is 0 Å². The number of benzene rings is 1. The number of nitrogens with one attached hydrogen (secondary N) is 1. The van der Waals surface area contributed by atoms with Crippen molar-refractivity contribution in [2.75, 3.05) is 13.2 Å². The number of hydrogen-bond acceptors (Lipinski definition) is 4. The first-order valence-electron chi connectivity index (χ1n) is 6.49. The Bertz CT molecular complexity index is 456. The molecule has 1 heterocycles. The van der Waals surface area contributed by atoms with Crippen molar-refractivity contribution >= 4 is 12.1 Å². The lowest BCUT2D eigenvalue weighted by molar-refractivity contribution is -0.139. The molecule has 1 atom stereocenters. The Morgan fingerprint density at radius 1 is 1.25 bits per heavy atom. The van der Waals surface area contributed by atoms with Crippen LogP contribution in [0.2, 0.25) is 0 Å². The number of hydrogen-bond donors (Lipinski definition) is 2. The Hall–Kier alpha value is -2.08. The zero-order chi connectivity index (χ0) is 14.4. The monoisotopic (exact) mass is 279 g/mol. The highest BCUT2D eigenvalue weighted by Gasteiger charge is 2.25. The molecule has 6 heteroatoms. The minimum atomic E-state index is -1.12. The highest BCUT2D eigenvalue weighted by Crippen LogP contribution is 2.15. The number of carbonyl (C=O) groups is 2. The molecule has 0 radical (unpaired) electrons. The van der Waals surface area contributed by atoms with Gasteiger partial charge in [0, 0.05) is 12.8 Å². The maximum atomic E-state index is 11.8. The fraction of sp³-hybridized carbons (Fsp3) is 0.429. The lowest BCUT2D eigenvalue weighted by Crippen LogP contribution is -2.37. The largest absolute Gasteiger partial charge is 0.479 e. The Kier molecular flexibility index (Phi) is 4.95. The highest BCUT2D eigenvalue weighted by molar-refractivity contribution is 5.81. The second-order valence-electron chi connectivity index (χ2n) is 4.54. The molecule has 0 bridgehead atoms. The Balaban J connectivity index is 1.94. The van der Waals surface area contributed by atoms with Crippen molar-refractivity contribution in [1.82, 2.24) is 5.32 Å². The van der Waals surface area contributed by atoms with Crippen molar-refractivity contribution in [3.8, 4) is 0 Å². The molecule has 108 valence electrons. The Morgan fingerprint density at radius 2 is 1.90 bits per heavy atom. The SMILES string of the molecule is O=C(N[C@H](C(=O)O)c1ccccc1)OC1CCOCC1. The summed E-state index contributed by atoms with van der Waals surface area (Å²) >= 11 is 0. The molecule has 20 heavy (non-hydrogen) atoms. The van der Waals surface area contributed by atoms with Crippen LogP contribution >= 0.6 is 0 Å². The van der Waals surface area contributed by atoms with Crippen LogP contribution in [0.15, 0.2) is 30.3 Å². The van der Waals surface area contributed by atoms with Gasteiger partial charge in [0.05, 0.1) is 13.2 Å². The molecule has 1 aliphatic rings. The van der Waals surface area contributed by atoms with Crippen LogP contribution in [0.1, 0.15) is 24.4 Å². The van der Waals surface area contributed by atoms with Crippen LogP contribution in [0.4, 0.5) is 4.79 Å². The van der Waals surface area contributed by atoms with E-state index in [2.05, 4.69) is 5.32 Å². The fourth-order valence-corrected chi connectivity index (χ4v) is 2.03. The number of carboxylic acids is 1. The minimum absolute atomic E-state index is 0.214. The molecule has 1 amide bonds. The van der Waals surface area contributed by atoms with Gasteiger partial charge in [-0.25, -0.2) is 9.59 Å². The van der Waals surface area contributed by atoms with Gasteiger partial charge in [0.15, 0.2) is 6.04 Å². The van der Waals surface area contributed by atoms with Gasteiger partial charge in [-0.2, -0.15) is 0 Å². The van der Waals surface area contributed by atoms with Crippen LogP contribution in [0.25, 0.3) is 0 Å². The summed E-state index contributed by atoms with van der Waals surface area (Å²) in [5.74, 6) is -1.12. The molecule has 1 aromatic rings. The lowest BCUT2D eigenvalue weighted by Gasteiger charge is -2.23. The quantitative estimate of drug-likeness (QED) is 0.876. The number of carboxylic acid groups (broad SMARTS) is 1. The van der Waals surface area contributed by atoms with Crippen LogP contribution in [0, 0.1) is 0 Å². The number of alkyl carbamates (subject to hydrolysis) is 1. The summed E-state index contributed by atoms with van der Waals surface area (Å²) in [7, 11) is 0. The molecule has 0 spiro atoms. The summed E-state index contributed by atoms with van der Waals surface area (Å²) in [5.41, 5.74) is 0.504. The van der Waals surface area contributed by atoms with Crippen LogP contribution in [0.3, 0.4) is 0 Å². The first kappa shape index (κ1) is 14.3. The Labute approximate surface area is 116 Å². The van der Waals surface area contributed by atoms with Gasteiger partial charge in [0.2, 0.25) is 0 Å². The predicted molar refractivity (Wildman–Crippen MR) is 70.3 cm³/mol. The maximum absolute atomic E-state index is 11.8. The van der Waals surface area contributed by atoms with E-state index in [9.17, 15) is 14.7 Å². The molecular weight excluding hydrogens is 262 g/mol. The van der Waals surface area contributed by atoms with Crippen molar-refractivity contribution < 1.29 is 24.2 Å². The first-order chi connectivity index (χ1) is 9.66. The van der Waals surface area contributed by atoms with Gasteiger partial charge in [0.1, 0.15) is 6.10 Å². The van der Waals surface area contributed by atoms with E-state index < -0.39 is 18.1 Å². The van der Waals surface area contributed by atoms with Gasteiger partial charge in [-0.15, -0.1) is 0 Å². The predicted octanol–water partition coefficient (Wildman–Crippen LogP) is 1.72. The van der Waals surface area contributed by atoms with E-state index >= 15 is 0 Å². The van der Waals surface area contributed by atoms with E-state index in [1.165, 1.54) is 0 Å². The number of aliphatic carboxylic acids is 1. The molecule has 6 nitrogen and oxygen atoms in total. The van der Waals surface area contributed by atoms with E-state index in [0.29, 0.717) is 31.6 Å². The molecule has 1 saturated heterocycles. The van der Waals surface area contributed by atoms with Gasteiger partial charge in [-0.3, -0.25) is 0 Å². The second-order valence-corrected chi connectivity index (χ2v) is 4.54. The van der Waals surface area contributed by atoms with Crippen molar-refractivity contribution in [1.29, 1.82) is 0 Å². The summed E-state index contributed by atoms with van der Waals surface area (Å²) in [6, 6.07) is 7.40. The van der Waals surface area contributed by atoms with Gasteiger partial charge >= 0.3 is 12.1 Å². The smallest absolute Gasteiger partial charge is 0.408 e. The first-order valence-corrected chi connectivity index (χ1v) is 6.49. The van der Waals surface area contributed by atoms with E-state index in [1.807, 2.05) is 0 Å². The molecule has 0 saturated carbocycles. The van der Waals surface area contributed by atoms with Gasteiger partial charge < -0.3 is 19.9 Å². The molecule has 2 rings (SSSR count). The molecule has 1 aliphatic heterocycles. The minimum Gasteiger partial charge on any atom is -0.479 e. The van der Waals surface area contributed by atoms with Crippen LogP contribution in [-0.4, -0.2) is 36.5 Å². The summed E-state index contributed by atoms with van der Waals surface area (Å²) in [6.07, 6.45) is 0.342. The molecule has 0 aliphatic carbocycles. The van der Waals surface area contributed by atoms with Crippen molar-refractivity contribution in [3.63, 3.8) is 0 Å². The topological polar surface area (TPSA) is 84.9 Å². The average molecular weight is 279 g/mol.